The molecule has 2 aromatic rings. The van der Waals surface area contributed by atoms with Gasteiger partial charge in [0.2, 0.25) is 5.91 Å². The number of aliphatic imine (C=N–C) groups is 1. The van der Waals surface area contributed by atoms with E-state index in [0.29, 0.717) is 37.6 Å². The van der Waals surface area contributed by atoms with Crippen molar-refractivity contribution in [2.75, 3.05) is 13.6 Å². The third-order valence-electron chi connectivity index (χ3n) is 4.72. The molecule has 0 saturated carbocycles. The van der Waals surface area contributed by atoms with Crippen molar-refractivity contribution < 1.29 is 9.18 Å². The molecule has 2 aromatic carbocycles. The molecule has 5 nitrogen and oxygen atoms in total. The molecule has 0 spiro atoms. The maximum atomic E-state index is 13.7. The second-order valence-electron chi connectivity index (χ2n) is 6.56. The Morgan fingerprint density at radius 3 is 2.25 bits per heavy atom. The van der Waals surface area contributed by atoms with E-state index in [1.165, 1.54) is 6.07 Å². The molecule has 2 N–H and O–H groups in total. The van der Waals surface area contributed by atoms with Gasteiger partial charge in [0, 0.05) is 45.2 Å². The monoisotopic (exact) mass is 496 g/mol. The molecule has 1 fully saturated rings. The fraction of sp³-hybridized carbons (Fsp3) is 0.333. The Labute approximate surface area is 182 Å². The predicted octanol–water partition coefficient (Wildman–Crippen LogP) is 3.43. The summed E-state index contributed by atoms with van der Waals surface area (Å²) in [4.78, 5) is 18.0. The molecule has 3 rings (SSSR count). The Bertz CT molecular complexity index is 828. The lowest BCUT2D eigenvalue weighted by Crippen LogP contribution is -2.36. The van der Waals surface area contributed by atoms with Crippen molar-refractivity contribution >= 4 is 35.8 Å². The van der Waals surface area contributed by atoms with Gasteiger partial charge in [0.1, 0.15) is 5.82 Å². The smallest absolute Gasteiger partial charge is 0.222 e. The van der Waals surface area contributed by atoms with Crippen molar-refractivity contribution in [2.24, 2.45) is 4.99 Å². The lowest BCUT2D eigenvalue weighted by Gasteiger charge is -2.19. The number of hydrogen-bond acceptors (Lipinski definition) is 2. The van der Waals surface area contributed by atoms with E-state index in [-0.39, 0.29) is 35.7 Å². The van der Waals surface area contributed by atoms with E-state index >= 15 is 0 Å². The SMILES string of the molecule is CN=C(NCc1ccccc1F)NCc1ccccc1CN1CCCC1=O.I. The lowest BCUT2D eigenvalue weighted by molar-refractivity contribution is -0.128. The van der Waals surface area contributed by atoms with Gasteiger partial charge in [0.15, 0.2) is 5.96 Å². The van der Waals surface area contributed by atoms with Crippen LogP contribution in [0, 0.1) is 5.82 Å². The predicted molar refractivity (Wildman–Crippen MR) is 120 cm³/mol. The van der Waals surface area contributed by atoms with E-state index in [1.54, 1.807) is 19.2 Å². The summed E-state index contributed by atoms with van der Waals surface area (Å²) >= 11 is 0. The zero-order valence-corrected chi connectivity index (χ0v) is 18.3. The van der Waals surface area contributed by atoms with Gasteiger partial charge in [-0.3, -0.25) is 9.79 Å². The summed E-state index contributed by atoms with van der Waals surface area (Å²) in [5.41, 5.74) is 2.84. The first-order chi connectivity index (χ1) is 13.2. The summed E-state index contributed by atoms with van der Waals surface area (Å²) in [6, 6.07) is 14.8. The van der Waals surface area contributed by atoms with Gasteiger partial charge in [-0.25, -0.2) is 4.39 Å². The second kappa shape index (κ2) is 11.0. The minimum absolute atomic E-state index is 0. The molecule has 1 saturated heterocycles. The highest BCUT2D eigenvalue weighted by Gasteiger charge is 2.20. The average Bonchev–Trinajstić information content (AvgIpc) is 3.09. The Hall–Kier alpha value is -2.16. The summed E-state index contributed by atoms with van der Waals surface area (Å²) in [6.45, 7) is 2.40. The van der Waals surface area contributed by atoms with Crippen LogP contribution in [0.25, 0.3) is 0 Å². The first kappa shape index (κ1) is 22.1. The molecule has 7 heteroatoms. The van der Waals surface area contributed by atoms with Gasteiger partial charge in [0.05, 0.1) is 0 Å². The highest BCUT2D eigenvalue weighted by atomic mass is 127. The third-order valence-corrected chi connectivity index (χ3v) is 4.72. The number of benzene rings is 2. The van der Waals surface area contributed by atoms with Crippen molar-refractivity contribution in [3.05, 3.63) is 71.0 Å². The lowest BCUT2D eigenvalue weighted by atomic mass is 10.1. The largest absolute Gasteiger partial charge is 0.352 e. The Morgan fingerprint density at radius 2 is 1.64 bits per heavy atom. The van der Waals surface area contributed by atoms with E-state index in [2.05, 4.69) is 21.7 Å². The van der Waals surface area contributed by atoms with Crippen LogP contribution in [0.3, 0.4) is 0 Å². The van der Waals surface area contributed by atoms with Gasteiger partial charge in [-0.15, -0.1) is 24.0 Å². The molecule has 0 aliphatic carbocycles. The van der Waals surface area contributed by atoms with Crippen LogP contribution in [0.5, 0.6) is 0 Å². The molecule has 150 valence electrons. The molecule has 0 bridgehead atoms. The normalized spacial score (nSPS) is 14.0. The van der Waals surface area contributed by atoms with Crippen LogP contribution >= 0.6 is 24.0 Å². The zero-order valence-electron chi connectivity index (χ0n) is 16.0. The minimum Gasteiger partial charge on any atom is -0.352 e. The quantitative estimate of drug-likeness (QED) is 0.366. The first-order valence-electron chi connectivity index (χ1n) is 9.20. The summed E-state index contributed by atoms with van der Waals surface area (Å²) in [5, 5.41) is 6.40. The number of rotatable bonds is 6. The molecule has 1 aliphatic rings. The highest BCUT2D eigenvalue weighted by Crippen LogP contribution is 2.17. The molecule has 0 atom stereocenters. The number of likely N-dealkylation sites (tertiary alicyclic amines) is 1. The first-order valence-corrected chi connectivity index (χ1v) is 9.20. The van der Waals surface area contributed by atoms with Gasteiger partial charge < -0.3 is 15.5 Å². The molecule has 0 radical (unpaired) electrons. The maximum absolute atomic E-state index is 13.7. The zero-order chi connectivity index (χ0) is 19.1. The standard InChI is InChI=1S/C21H25FN4O.HI/c1-23-21(25-14-17-8-4-5-10-19(17)22)24-13-16-7-2-3-9-18(16)15-26-12-6-11-20(26)27;/h2-5,7-10H,6,11-15H2,1H3,(H2,23,24,25);1H. The van der Waals surface area contributed by atoms with E-state index in [1.807, 2.05) is 29.2 Å². The van der Waals surface area contributed by atoms with Crippen LogP contribution in [0.15, 0.2) is 53.5 Å². The Balaban J connectivity index is 0.00000280. The van der Waals surface area contributed by atoms with Crippen molar-refractivity contribution in [1.82, 2.24) is 15.5 Å². The average molecular weight is 496 g/mol. The molecule has 28 heavy (non-hydrogen) atoms. The molecule has 1 amide bonds. The number of halogens is 2. The highest BCUT2D eigenvalue weighted by molar-refractivity contribution is 14.0. The number of carbonyl (C=O) groups excluding carboxylic acids is 1. The molecule has 1 heterocycles. The summed E-state index contributed by atoms with van der Waals surface area (Å²) in [5.74, 6) is 0.589. The Kier molecular flexibility index (Phi) is 8.69. The van der Waals surface area contributed by atoms with E-state index in [0.717, 1.165) is 24.1 Å². The van der Waals surface area contributed by atoms with Crippen LogP contribution < -0.4 is 10.6 Å². The number of nitrogens with one attached hydrogen (secondary N) is 2. The van der Waals surface area contributed by atoms with Crippen LogP contribution in [0.4, 0.5) is 4.39 Å². The van der Waals surface area contributed by atoms with Gasteiger partial charge in [-0.2, -0.15) is 0 Å². The number of guanidine groups is 1. The van der Waals surface area contributed by atoms with Crippen molar-refractivity contribution in [3.63, 3.8) is 0 Å². The van der Waals surface area contributed by atoms with Crippen molar-refractivity contribution in [1.29, 1.82) is 0 Å². The minimum atomic E-state index is -0.235. The number of hydrogen-bond donors (Lipinski definition) is 2. The molecular formula is C21H26FIN4O. The topological polar surface area (TPSA) is 56.7 Å². The van der Waals surface area contributed by atoms with Gasteiger partial charge in [-0.1, -0.05) is 42.5 Å². The molecule has 0 aromatic heterocycles. The summed E-state index contributed by atoms with van der Waals surface area (Å²) in [7, 11) is 1.69. The maximum Gasteiger partial charge on any atom is 0.222 e. The van der Waals surface area contributed by atoms with Crippen LogP contribution in [-0.4, -0.2) is 30.4 Å². The van der Waals surface area contributed by atoms with Gasteiger partial charge in [0.25, 0.3) is 0 Å². The van der Waals surface area contributed by atoms with Crippen molar-refractivity contribution in [2.45, 2.75) is 32.5 Å². The number of carbonyl (C=O) groups is 1. The van der Waals surface area contributed by atoms with Crippen LogP contribution in [0.2, 0.25) is 0 Å². The second-order valence-corrected chi connectivity index (χ2v) is 6.56. The van der Waals surface area contributed by atoms with E-state index in [4.69, 9.17) is 0 Å². The summed E-state index contributed by atoms with van der Waals surface area (Å²) in [6.07, 6.45) is 1.58. The molecule has 0 unspecified atom stereocenters. The van der Waals surface area contributed by atoms with Crippen LogP contribution in [0.1, 0.15) is 29.5 Å². The molecule has 1 aliphatic heterocycles. The fourth-order valence-electron chi connectivity index (χ4n) is 3.18. The fourth-order valence-corrected chi connectivity index (χ4v) is 3.18. The number of nitrogens with zero attached hydrogens (tertiary/aromatic N) is 2. The number of amides is 1. The van der Waals surface area contributed by atoms with Gasteiger partial charge in [-0.05, 0) is 23.6 Å². The van der Waals surface area contributed by atoms with E-state index < -0.39 is 0 Å². The summed E-state index contributed by atoms with van der Waals surface area (Å²) < 4.78 is 13.7. The van der Waals surface area contributed by atoms with Crippen molar-refractivity contribution in [3.8, 4) is 0 Å². The van der Waals surface area contributed by atoms with Crippen LogP contribution in [-0.2, 0) is 24.4 Å². The van der Waals surface area contributed by atoms with E-state index in [9.17, 15) is 9.18 Å². The Morgan fingerprint density at radius 1 is 1.04 bits per heavy atom. The third kappa shape index (κ3) is 5.92. The molecular weight excluding hydrogens is 470 g/mol. The van der Waals surface area contributed by atoms with Gasteiger partial charge >= 0.3 is 0 Å².